The van der Waals surface area contributed by atoms with Gasteiger partial charge in [-0.05, 0) is 19.1 Å². The number of ether oxygens (including phenoxy) is 2. The molecule has 1 amide bonds. The maximum atomic E-state index is 12.3. The maximum absolute atomic E-state index is 12.3. The average molecular weight is 314 g/mol. The van der Waals surface area contributed by atoms with E-state index < -0.39 is 18.2 Å². The number of carboxylic acid groups (broad SMARTS) is 1. The zero-order valence-electron chi connectivity index (χ0n) is 11.5. The van der Waals surface area contributed by atoms with Crippen molar-refractivity contribution >= 4 is 23.5 Å². The van der Waals surface area contributed by atoms with Crippen molar-refractivity contribution < 1.29 is 24.2 Å². The molecule has 0 aliphatic carbocycles. The van der Waals surface area contributed by atoms with E-state index in [-0.39, 0.29) is 19.1 Å². The molecule has 6 nitrogen and oxygen atoms in total. The van der Waals surface area contributed by atoms with Crippen molar-refractivity contribution in [3.8, 4) is 5.75 Å². The first kappa shape index (κ1) is 15.6. The van der Waals surface area contributed by atoms with Crippen molar-refractivity contribution in [2.45, 2.75) is 19.1 Å². The minimum absolute atomic E-state index is 0.0182. The molecule has 2 atom stereocenters. The number of amides is 1. The summed E-state index contributed by atoms with van der Waals surface area (Å²) in [6.07, 6.45) is -1.74. The third-order valence-corrected chi connectivity index (χ3v) is 3.45. The normalized spacial score (nSPS) is 19.9. The van der Waals surface area contributed by atoms with Crippen molar-refractivity contribution in [2.24, 2.45) is 0 Å². The van der Waals surface area contributed by atoms with Crippen LogP contribution in [-0.4, -0.2) is 53.8 Å². The number of carbonyl (C=O) groups is 2. The number of hydrogen-bond acceptors (Lipinski definition) is 4. The van der Waals surface area contributed by atoms with Gasteiger partial charge in [0, 0.05) is 6.54 Å². The Bertz CT molecular complexity index is 536. The van der Waals surface area contributed by atoms with Crippen molar-refractivity contribution in [1.82, 2.24) is 4.90 Å². The maximum Gasteiger partial charge on any atom is 0.334 e. The van der Waals surface area contributed by atoms with Crippen LogP contribution < -0.4 is 4.74 Å². The summed E-state index contributed by atoms with van der Waals surface area (Å²) in [7, 11) is 0. The zero-order valence-corrected chi connectivity index (χ0v) is 12.2. The summed E-state index contributed by atoms with van der Waals surface area (Å²) in [4.78, 5) is 24.6. The largest absolute Gasteiger partial charge is 0.479 e. The van der Waals surface area contributed by atoms with Crippen LogP contribution in [0, 0.1) is 0 Å². The Morgan fingerprint density at radius 1 is 1.48 bits per heavy atom. The van der Waals surface area contributed by atoms with Gasteiger partial charge in [0.2, 0.25) is 0 Å². The third-order valence-electron chi connectivity index (χ3n) is 3.14. The molecule has 114 valence electrons. The van der Waals surface area contributed by atoms with Crippen molar-refractivity contribution in [1.29, 1.82) is 0 Å². The topological polar surface area (TPSA) is 76.1 Å². The van der Waals surface area contributed by atoms with Crippen LogP contribution in [0.5, 0.6) is 5.75 Å². The molecular weight excluding hydrogens is 298 g/mol. The molecule has 7 heteroatoms. The van der Waals surface area contributed by atoms with E-state index in [1.165, 1.54) is 4.90 Å². The van der Waals surface area contributed by atoms with Crippen LogP contribution >= 0.6 is 11.6 Å². The third kappa shape index (κ3) is 3.86. The van der Waals surface area contributed by atoms with Crippen LogP contribution in [0.3, 0.4) is 0 Å². The van der Waals surface area contributed by atoms with Gasteiger partial charge >= 0.3 is 5.97 Å². The summed E-state index contributed by atoms with van der Waals surface area (Å²) in [5.41, 5.74) is 0. The molecule has 1 fully saturated rings. The smallest absolute Gasteiger partial charge is 0.334 e. The number of benzene rings is 1. The van der Waals surface area contributed by atoms with Crippen molar-refractivity contribution in [3.05, 3.63) is 29.3 Å². The van der Waals surface area contributed by atoms with Crippen LogP contribution in [-0.2, 0) is 14.3 Å². The van der Waals surface area contributed by atoms with E-state index in [0.717, 1.165) is 0 Å². The van der Waals surface area contributed by atoms with Crippen molar-refractivity contribution in [3.63, 3.8) is 0 Å². The molecular formula is C14H16ClNO5. The van der Waals surface area contributed by atoms with Gasteiger partial charge in [0.25, 0.3) is 5.91 Å². The highest BCUT2D eigenvalue weighted by atomic mass is 35.5. The SMILES string of the molecule is CC(Oc1ccccc1Cl)C(=O)N1CCOC(C(=O)O)C1. The van der Waals surface area contributed by atoms with E-state index in [1.807, 2.05) is 0 Å². The van der Waals surface area contributed by atoms with Crippen LogP contribution in [0.25, 0.3) is 0 Å². The highest BCUT2D eigenvalue weighted by Crippen LogP contribution is 2.24. The Hall–Kier alpha value is -1.79. The molecule has 0 saturated carbocycles. The van der Waals surface area contributed by atoms with Gasteiger partial charge < -0.3 is 19.5 Å². The molecule has 21 heavy (non-hydrogen) atoms. The standard InChI is InChI=1S/C14H16ClNO5/c1-9(21-11-5-3-2-4-10(11)15)13(17)16-6-7-20-12(8-16)14(18)19/h2-5,9,12H,6-8H2,1H3,(H,18,19). The molecule has 2 rings (SSSR count). The molecule has 0 aromatic heterocycles. The van der Waals surface area contributed by atoms with E-state index in [4.69, 9.17) is 26.2 Å². The summed E-state index contributed by atoms with van der Waals surface area (Å²) in [5, 5.41) is 9.36. The lowest BCUT2D eigenvalue weighted by Crippen LogP contribution is -2.51. The number of carbonyl (C=O) groups excluding carboxylic acids is 1. The number of carboxylic acids is 1. The molecule has 1 aromatic rings. The lowest BCUT2D eigenvalue weighted by molar-refractivity contribution is -0.161. The number of halogens is 1. The monoisotopic (exact) mass is 313 g/mol. The predicted molar refractivity (Wildman–Crippen MR) is 75.5 cm³/mol. The summed E-state index contributed by atoms with van der Waals surface area (Å²) >= 11 is 5.98. The number of morpholine rings is 1. The summed E-state index contributed by atoms with van der Waals surface area (Å²) in [5.74, 6) is -0.945. The fraction of sp³-hybridized carbons (Fsp3) is 0.429. The lowest BCUT2D eigenvalue weighted by atomic mass is 10.2. The summed E-state index contributed by atoms with van der Waals surface area (Å²) < 4.78 is 10.6. The predicted octanol–water partition coefficient (Wildman–Crippen LogP) is 1.42. The number of para-hydroxylation sites is 1. The fourth-order valence-electron chi connectivity index (χ4n) is 2.04. The Labute approximate surface area is 127 Å². The first-order valence-electron chi connectivity index (χ1n) is 6.53. The van der Waals surface area contributed by atoms with Crippen LogP contribution in [0.2, 0.25) is 5.02 Å². The lowest BCUT2D eigenvalue weighted by Gasteiger charge is -2.32. The Kier molecular flexibility index (Phi) is 5.03. The van der Waals surface area contributed by atoms with E-state index in [0.29, 0.717) is 17.3 Å². The average Bonchev–Trinajstić information content (AvgIpc) is 2.49. The molecule has 0 spiro atoms. The van der Waals surface area contributed by atoms with Gasteiger partial charge in [-0.3, -0.25) is 4.79 Å². The Morgan fingerprint density at radius 2 is 2.19 bits per heavy atom. The van der Waals surface area contributed by atoms with E-state index in [9.17, 15) is 9.59 Å². The Balaban J connectivity index is 1.99. The second-order valence-corrected chi connectivity index (χ2v) is 5.08. The minimum atomic E-state index is -1.08. The van der Waals surface area contributed by atoms with Crippen LogP contribution in [0.4, 0.5) is 0 Å². The minimum Gasteiger partial charge on any atom is -0.479 e. The molecule has 1 N–H and O–H groups in total. The van der Waals surface area contributed by atoms with Gasteiger partial charge in [-0.2, -0.15) is 0 Å². The van der Waals surface area contributed by atoms with E-state index in [2.05, 4.69) is 0 Å². The number of hydrogen-bond donors (Lipinski definition) is 1. The first-order valence-corrected chi connectivity index (χ1v) is 6.91. The molecule has 1 aromatic carbocycles. The number of nitrogens with zero attached hydrogens (tertiary/aromatic N) is 1. The highest BCUT2D eigenvalue weighted by molar-refractivity contribution is 6.32. The first-order chi connectivity index (χ1) is 9.99. The molecule has 0 bridgehead atoms. The molecule has 2 unspecified atom stereocenters. The van der Waals surface area contributed by atoms with E-state index in [1.54, 1.807) is 31.2 Å². The molecule has 1 heterocycles. The molecule has 0 radical (unpaired) electrons. The highest BCUT2D eigenvalue weighted by Gasteiger charge is 2.31. The van der Waals surface area contributed by atoms with E-state index >= 15 is 0 Å². The fourth-order valence-corrected chi connectivity index (χ4v) is 2.22. The molecule has 1 aliphatic rings. The molecule has 1 aliphatic heterocycles. The Morgan fingerprint density at radius 3 is 2.86 bits per heavy atom. The summed E-state index contributed by atoms with van der Waals surface area (Å²) in [6.45, 7) is 2.17. The van der Waals surface area contributed by atoms with Gasteiger partial charge in [0.1, 0.15) is 5.75 Å². The second-order valence-electron chi connectivity index (χ2n) is 4.67. The number of aliphatic carboxylic acids is 1. The second kappa shape index (κ2) is 6.78. The van der Waals surface area contributed by atoms with Gasteiger partial charge in [0.15, 0.2) is 12.2 Å². The van der Waals surface area contributed by atoms with Crippen LogP contribution in [0.15, 0.2) is 24.3 Å². The van der Waals surface area contributed by atoms with Gasteiger partial charge in [-0.25, -0.2) is 4.79 Å². The zero-order chi connectivity index (χ0) is 15.4. The molecule has 1 saturated heterocycles. The van der Waals surface area contributed by atoms with Gasteiger partial charge in [0.05, 0.1) is 18.2 Å². The van der Waals surface area contributed by atoms with Gasteiger partial charge in [-0.1, -0.05) is 23.7 Å². The van der Waals surface area contributed by atoms with Crippen LogP contribution in [0.1, 0.15) is 6.92 Å². The quantitative estimate of drug-likeness (QED) is 0.910. The number of rotatable bonds is 4. The summed E-state index contributed by atoms with van der Waals surface area (Å²) in [6, 6.07) is 6.86. The van der Waals surface area contributed by atoms with Crippen molar-refractivity contribution in [2.75, 3.05) is 19.7 Å². The van der Waals surface area contributed by atoms with Gasteiger partial charge in [-0.15, -0.1) is 0 Å².